The van der Waals surface area contributed by atoms with Crippen LogP contribution >= 0.6 is 11.6 Å². The van der Waals surface area contributed by atoms with Gasteiger partial charge in [0.1, 0.15) is 6.54 Å². The summed E-state index contributed by atoms with van der Waals surface area (Å²) in [5, 5.41) is 5.82. The van der Waals surface area contributed by atoms with Crippen LogP contribution in [-0.2, 0) is 4.79 Å². The lowest BCUT2D eigenvalue weighted by atomic mass is 10.1. The van der Waals surface area contributed by atoms with Gasteiger partial charge in [0.2, 0.25) is 11.9 Å². The Kier molecular flexibility index (Phi) is 7.73. The van der Waals surface area contributed by atoms with Crippen molar-refractivity contribution in [1.82, 2.24) is 10.2 Å². The minimum absolute atomic E-state index is 0.139. The monoisotopic (exact) mass is 364 g/mol. The number of anilines is 1. The first kappa shape index (κ1) is 19.2. The van der Waals surface area contributed by atoms with Crippen molar-refractivity contribution in [2.45, 2.75) is 45.4 Å². The maximum Gasteiger partial charge on any atom is 0.348 e. The molecule has 1 aliphatic rings. The molecule has 1 heterocycles. The molecule has 1 saturated heterocycles. The summed E-state index contributed by atoms with van der Waals surface area (Å²) >= 11 is 5.89. The molecular formula is C18H25ClN4O2. The Bertz CT molecular complexity index is 633. The molecule has 0 spiro atoms. The molecule has 25 heavy (non-hydrogen) atoms. The van der Waals surface area contributed by atoms with Gasteiger partial charge < -0.3 is 10.2 Å². The van der Waals surface area contributed by atoms with Gasteiger partial charge in [-0.2, -0.15) is 4.99 Å². The number of carbonyl (C=O) groups excluding carboxylic acids is 2. The summed E-state index contributed by atoms with van der Waals surface area (Å²) in [6.07, 6.45) is 7.03. The average Bonchev–Trinajstić information content (AvgIpc) is 2.90. The normalized spacial score (nSPS) is 15.5. The maximum atomic E-state index is 12.1. The maximum absolute atomic E-state index is 12.1. The smallest absolute Gasteiger partial charge is 0.333 e. The number of rotatable bonds is 8. The summed E-state index contributed by atoms with van der Waals surface area (Å²) in [6, 6.07) is 6.30. The van der Waals surface area contributed by atoms with E-state index >= 15 is 0 Å². The van der Waals surface area contributed by atoms with Crippen LogP contribution in [-0.4, -0.2) is 35.9 Å². The van der Waals surface area contributed by atoms with E-state index in [0.29, 0.717) is 23.2 Å². The summed E-state index contributed by atoms with van der Waals surface area (Å²) in [5.41, 5.74) is 0.564. The lowest BCUT2D eigenvalue weighted by Gasteiger charge is -2.16. The first-order chi connectivity index (χ1) is 12.1. The molecule has 0 atom stereocenters. The first-order valence-corrected chi connectivity index (χ1v) is 9.16. The van der Waals surface area contributed by atoms with E-state index in [4.69, 9.17) is 11.6 Å². The molecular weight excluding hydrogens is 340 g/mol. The van der Waals surface area contributed by atoms with Gasteiger partial charge in [0.15, 0.2) is 0 Å². The van der Waals surface area contributed by atoms with Crippen molar-refractivity contribution in [2.24, 2.45) is 4.99 Å². The number of halogens is 1. The number of hydrogen-bond acceptors (Lipinski definition) is 2. The van der Waals surface area contributed by atoms with Crippen molar-refractivity contribution in [2.75, 3.05) is 18.4 Å². The Morgan fingerprint density at radius 1 is 1.28 bits per heavy atom. The summed E-state index contributed by atoms with van der Waals surface area (Å²) in [6.45, 7) is 3.16. The van der Waals surface area contributed by atoms with Crippen LogP contribution in [0.4, 0.5) is 10.5 Å². The van der Waals surface area contributed by atoms with Crippen LogP contribution in [0.3, 0.4) is 0 Å². The number of urea groups is 1. The van der Waals surface area contributed by atoms with Crippen molar-refractivity contribution in [1.29, 1.82) is 0 Å². The van der Waals surface area contributed by atoms with E-state index in [-0.39, 0.29) is 12.5 Å². The topological polar surface area (TPSA) is 73.8 Å². The minimum Gasteiger partial charge on any atom is -0.333 e. The molecule has 0 aromatic heterocycles. The van der Waals surface area contributed by atoms with Crippen LogP contribution in [0.15, 0.2) is 29.3 Å². The molecule has 136 valence electrons. The van der Waals surface area contributed by atoms with E-state index in [9.17, 15) is 9.59 Å². The number of nitrogens with one attached hydrogen (secondary N) is 2. The molecule has 0 aliphatic carbocycles. The van der Waals surface area contributed by atoms with Crippen LogP contribution in [0, 0.1) is 0 Å². The van der Waals surface area contributed by atoms with Crippen LogP contribution in [0.25, 0.3) is 0 Å². The van der Waals surface area contributed by atoms with Gasteiger partial charge in [-0.25, -0.2) is 4.79 Å². The number of amides is 3. The van der Waals surface area contributed by atoms with Gasteiger partial charge in [0, 0.05) is 17.3 Å². The van der Waals surface area contributed by atoms with Crippen molar-refractivity contribution >= 4 is 35.2 Å². The largest absolute Gasteiger partial charge is 0.348 e. The van der Waals surface area contributed by atoms with E-state index in [1.165, 1.54) is 25.7 Å². The zero-order chi connectivity index (χ0) is 18.1. The van der Waals surface area contributed by atoms with E-state index in [0.717, 1.165) is 12.8 Å². The minimum atomic E-state index is -0.535. The molecule has 0 unspecified atom stereocenters. The third-order valence-corrected chi connectivity index (χ3v) is 4.19. The van der Waals surface area contributed by atoms with Gasteiger partial charge in [0.05, 0.1) is 0 Å². The fourth-order valence-corrected chi connectivity index (χ4v) is 2.86. The van der Waals surface area contributed by atoms with Gasteiger partial charge in [-0.3, -0.25) is 10.1 Å². The van der Waals surface area contributed by atoms with Gasteiger partial charge in [-0.1, -0.05) is 56.7 Å². The highest BCUT2D eigenvalue weighted by Crippen LogP contribution is 2.15. The number of nitrogens with zero attached hydrogens (tertiary/aromatic N) is 2. The summed E-state index contributed by atoms with van der Waals surface area (Å²) in [5.74, 6) is 0.179. The number of aliphatic imine (C=N–C) groups is 1. The van der Waals surface area contributed by atoms with Crippen molar-refractivity contribution in [3.63, 3.8) is 0 Å². The number of guanidine groups is 1. The molecule has 0 radical (unpaired) electrons. The predicted molar refractivity (Wildman–Crippen MR) is 101 cm³/mol. The van der Waals surface area contributed by atoms with Crippen molar-refractivity contribution in [3.8, 4) is 0 Å². The summed E-state index contributed by atoms with van der Waals surface area (Å²) < 4.78 is 0. The number of unbranched alkanes of at least 4 members (excludes halogenated alkanes) is 5. The first-order valence-electron chi connectivity index (χ1n) is 8.78. The van der Waals surface area contributed by atoms with Gasteiger partial charge in [-0.15, -0.1) is 0 Å². The standard InChI is InChI=1S/C18H25ClN4O2/c1-2-3-4-5-6-7-11-23-13-16(24)21-17(23)22-18(25)20-15-10-8-9-14(19)12-15/h8-10,12H,2-7,11,13H2,1H3,(H2,20,21,22,24,25). The Labute approximate surface area is 153 Å². The zero-order valence-corrected chi connectivity index (χ0v) is 15.3. The van der Waals surface area contributed by atoms with Crippen molar-refractivity contribution < 1.29 is 9.59 Å². The van der Waals surface area contributed by atoms with E-state index in [2.05, 4.69) is 22.5 Å². The van der Waals surface area contributed by atoms with Crippen LogP contribution in [0.2, 0.25) is 5.02 Å². The second-order valence-corrected chi connectivity index (χ2v) is 6.55. The SMILES string of the molecule is CCCCCCCCN1CC(=O)NC1=NC(=O)Nc1cccc(Cl)c1. The highest BCUT2D eigenvalue weighted by Gasteiger charge is 2.25. The number of carbonyl (C=O) groups is 2. The fourth-order valence-electron chi connectivity index (χ4n) is 2.67. The van der Waals surface area contributed by atoms with Crippen LogP contribution < -0.4 is 10.6 Å². The zero-order valence-electron chi connectivity index (χ0n) is 14.6. The Morgan fingerprint density at radius 3 is 2.80 bits per heavy atom. The molecule has 2 N–H and O–H groups in total. The summed E-state index contributed by atoms with van der Waals surface area (Å²) in [7, 11) is 0. The fraction of sp³-hybridized carbons (Fsp3) is 0.500. The third kappa shape index (κ3) is 6.74. The molecule has 1 aromatic carbocycles. The Hall–Kier alpha value is -2.08. The second kappa shape index (κ2) is 10.0. The van der Waals surface area contributed by atoms with Crippen LogP contribution in [0.5, 0.6) is 0 Å². The summed E-state index contributed by atoms with van der Waals surface area (Å²) in [4.78, 5) is 29.5. The van der Waals surface area contributed by atoms with Gasteiger partial charge in [0.25, 0.3) is 0 Å². The van der Waals surface area contributed by atoms with Crippen molar-refractivity contribution in [3.05, 3.63) is 29.3 Å². The highest BCUT2D eigenvalue weighted by atomic mass is 35.5. The molecule has 1 aromatic rings. The molecule has 2 rings (SSSR count). The van der Waals surface area contributed by atoms with E-state index in [1.807, 2.05) is 4.90 Å². The number of benzene rings is 1. The second-order valence-electron chi connectivity index (χ2n) is 6.11. The van der Waals surface area contributed by atoms with E-state index in [1.54, 1.807) is 24.3 Å². The van der Waals surface area contributed by atoms with Crippen LogP contribution in [0.1, 0.15) is 45.4 Å². The lowest BCUT2D eigenvalue weighted by molar-refractivity contribution is -0.118. The molecule has 3 amide bonds. The van der Waals surface area contributed by atoms with E-state index < -0.39 is 6.03 Å². The predicted octanol–water partition coefficient (Wildman–Crippen LogP) is 4.02. The third-order valence-electron chi connectivity index (χ3n) is 3.95. The molecule has 6 nitrogen and oxygen atoms in total. The molecule has 1 fully saturated rings. The Balaban J connectivity index is 1.85. The molecule has 0 saturated carbocycles. The molecule has 7 heteroatoms. The average molecular weight is 365 g/mol. The number of hydrogen-bond donors (Lipinski definition) is 2. The van der Waals surface area contributed by atoms with Gasteiger partial charge in [-0.05, 0) is 24.6 Å². The van der Waals surface area contributed by atoms with Gasteiger partial charge >= 0.3 is 6.03 Å². The lowest BCUT2D eigenvalue weighted by Crippen LogP contribution is -2.32. The molecule has 0 bridgehead atoms. The quantitative estimate of drug-likeness (QED) is 0.684. The highest BCUT2D eigenvalue weighted by molar-refractivity contribution is 6.30. The molecule has 1 aliphatic heterocycles. The Morgan fingerprint density at radius 2 is 2.04 bits per heavy atom.